The lowest BCUT2D eigenvalue weighted by Crippen LogP contribution is -2.46. The zero-order chi connectivity index (χ0) is 13.9. The molecule has 1 amide bonds. The molecule has 0 aliphatic rings. The molecule has 0 spiro atoms. The maximum Gasteiger partial charge on any atom is 0.337 e. The van der Waals surface area contributed by atoms with Crippen molar-refractivity contribution in [3.8, 4) is 0 Å². The Morgan fingerprint density at radius 1 is 1.56 bits per heavy atom. The fraction of sp³-hybridized carbons (Fsp3) is 0.545. The number of nitrogens with zero attached hydrogens (tertiary/aromatic N) is 1. The lowest BCUT2D eigenvalue weighted by molar-refractivity contribution is -0.155. The number of carboxylic acids is 1. The number of aromatic nitrogens is 1. The number of carbonyl (C=O) groups is 2. The van der Waals surface area contributed by atoms with E-state index in [1.54, 1.807) is 0 Å². The van der Waals surface area contributed by atoms with E-state index in [0.29, 0.717) is 5.69 Å². The van der Waals surface area contributed by atoms with Crippen LogP contribution >= 0.6 is 0 Å². The molecular weight excluding hydrogens is 240 g/mol. The summed E-state index contributed by atoms with van der Waals surface area (Å²) in [7, 11) is 0. The molecule has 100 valence electrons. The summed E-state index contributed by atoms with van der Waals surface area (Å²) in [4.78, 5) is 22.2. The first kappa shape index (κ1) is 14.2. The second kappa shape index (κ2) is 5.18. The van der Waals surface area contributed by atoms with Crippen LogP contribution in [0.1, 0.15) is 42.9 Å². The van der Waals surface area contributed by atoms with Gasteiger partial charge in [0.2, 0.25) is 5.76 Å². The van der Waals surface area contributed by atoms with Gasteiger partial charge in [0.05, 0.1) is 12.2 Å². The van der Waals surface area contributed by atoms with Crippen molar-refractivity contribution in [3.05, 3.63) is 17.5 Å². The smallest absolute Gasteiger partial charge is 0.337 e. The van der Waals surface area contributed by atoms with Crippen molar-refractivity contribution < 1.29 is 24.3 Å². The first-order valence-corrected chi connectivity index (χ1v) is 5.44. The molecule has 0 fully saturated rings. The van der Waals surface area contributed by atoms with Crippen molar-refractivity contribution in [2.75, 3.05) is 6.54 Å². The van der Waals surface area contributed by atoms with Crippen molar-refractivity contribution >= 4 is 11.9 Å². The first-order valence-electron chi connectivity index (χ1n) is 5.44. The number of hydrogen-bond acceptors (Lipinski definition) is 5. The minimum atomic E-state index is -2.02. The summed E-state index contributed by atoms with van der Waals surface area (Å²) < 4.78 is 4.82. The van der Waals surface area contributed by atoms with Crippen molar-refractivity contribution in [1.82, 2.24) is 10.5 Å². The molecule has 1 unspecified atom stereocenters. The van der Waals surface area contributed by atoms with Gasteiger partial charge in [0.25, 0.3) is 5.91 Å². The van der Waals surface area contributed by atoms with Crippen LogP contribution < -0.4 is 5.32 Å². The predicted octanol–water partition coefficient (Wildman–Crippen LogP) is 0.363. The molecule has 3 N–H and O–H groups in total. The van der Waals surface area contributed by atoms with Gasteiger partial charge in [-0.05, 0) is 12.8 Å². The SMILES string of the molecule is CC(C)c1cc(C(=O)NCC(C)(O)C(=O)O)on1. The minimum absolute atomic E-state index is 0.0140. The summed E-state index contributed by atoms with van der Waals surface area (Å²) in [6, 6.07) is 1.48. The standard InChI is InChI=1S/C11H16N2O5/c1-6(2)7-4-8(18-13-7)9(14)12-5-11(3,17)10(15)16/h4,6,17H,5H2,1-3H3,(H,12,14)(H,15,16). The van der Waals surface area contributed by atoms with E-state index in [0.717, 1.165) is 6.92 Å². The minimum Gasteiger partial charge on any atom is -0.479 e. The molecule has 18 heavy (non-hydrogen) atoms. The van der Waals surface area contributed by atoms with E-state index in [2.05, 4.69) is 10.5 Å². The number of carboxylic acid groups (broad SMARTS) is 1. The quantitative estimate of drug-likeness (QED) is 0.701. The van der Waals surface area contributed by atoms with Gasteiger partial charge in [0, 0.05) is 6.07 Å². The molecule has 1 aromatic rings. The van der Waals surface area contributed by atoms with E-state index < -0.39 is 24.0 Å². The molecule has 0 radical (unpaired) electrons. The summed E-state index contributed by atoms with van der Waals surface area (Å²) in [6.45, 7) is 4.47. The average Bonchev–Trinajstić information content (AvgIpc) is 2.75. The third kappa shape index (κ3) is 3.30. The van der Waals surface area contributed by atoms with Crippen LogP contribution in [-0.2, 0) is 4.79 Å². The Labute approximate surface area is 104 Å². The van der Waals surface area contributed by atoms with Gasteiger partial charge in [-0.3, -0.25) is 4.79 Å². The lowest BCUT2D eigenvalue weighted by Gasteiger charge is -2.17. The first-order chi connectivity index (χ1) is 8.24. The fourth-order valence-electron chi connectivity index (χ4n) is 1.08. The van der Waals surface area contributed by atoms with Crippen LogP contribution in [0, 0.1) is 0 Å². The highest BCUT2D eigenvalue weighted by Gasteiger charge is 2.30. The summed E-state index contributed by atoms with van der Waals surface area (Å²) in [5, 5.41) is 24.1. The zero-order valence-corrected chi connectivity index (χ0v) is 10.4. The Bertz CT molecular complexity index is 450. The fourth-order valence-corrected chi connectivity index (χ4v) is 1.08. The third-order valence-electron chi connectivity index (χ3n) is 2.40. The van der Waals surface area contributed by atoms with Crippen LogP contribution in [-0.4, -0.2) is 39.4 Å². The lowest BCUT2D eigenvalue weighted by atomic mass is 10.1. The van der Waals surface area contributed by atoms with E-state index in [1.165, 1.54) is 6.07 Å². The maximum absolute atomic E-state index is 11.6. The Hall–Kier alpha value is -1.89. The molecular formula is C11H16N2O5. The van der Waals surface area contributed by atoms with Gasteiger partial charge in [-0.1, -0.05) is 19.0 Å². The van der Waals surface area contributed by atoms with Gasteiger partial charge in [-0.25, -0.2) is 4.79 Å². The number of carbonyl (C=O) groups excluding carboxylic acids is 1. The number of rotatable bonds is 5. The van der Waals surface area contributed by atoms with Gasteiger partial charge < -0.3 is 20.1 Å². The molecule has 1 aromatic heterocycles. The van der Waals surface area contributed by atoms with Crippen LogP contribution in [0.4, 0.5) is 0 Å². The second-order valence-electron chi connectivity index (χ2n) is 4.53. The van der Waals surface area contributed by atoms with Gasteiger partial charge in [-0.2, -0.15) is 0 Å². The molecule has 7 heteroatoms. The van der Waals surface area contributed by atoms with E-state index >= 15 is 0 Å². The van der Waals surface area contributed by atoms with Gasteiger partial charge in [-0.15, -0.1) is 0 Å². The molecule has 0 saturated carbocycles. The Morgan fingerprint density at radius 3 is 2.61 bits per heavy atom. The van der Waals surface area contributed by atoms with Crippen LogP contribution in [0.2, 0.25) is 0 Å². The Morgan fingerprint density at radius 2 is 2.17 bits per heavy atom. The zero-order valence-electron chi connectivity index (χ0n) is 10.4. The molecule has 0 saturated heterocycles. The molecule has 1 heterocycles. The van der Waals surface area contributed by atoms with E-state index in [4.69, 9.17) is 9.63 Å². The molecule has 0 aliphatic carbocycles. The Balaban J connectivity index is 2.63. The average molecular weight is 256 g/mol. The van der Waals surface area contributed by atoms with Crippen LogP contribution in [0.3, 0.4) is 0 Å². The normalized spacial score (nSPS) is 14.3. The van der Waals surface area contributed by atoms with E-state index in [-0.39, 0.29) is 11.7 Å². The van der Waals surface area contributed by atoms with Crippen LogP contribution in [0.5, 0.6) is 0 Å². The van der Waals surface area contributed by atoms with Gasteiger partial charge in [0.1, 0.15) is 0 Å². The Kier molecular flexibility index (Phi) is 4.07. The molecule has 7 nitrogen and oxygen atoms in total. The number of aliphatic hydroxyl groups is 1. The molecule has 0 bridgehead atoms. The van der Waals surface area contributed by atoms with Crippen molar-refractivity contribution in [2.24, 2.45) is 0 Å². The number of aliphatic carboxylic acids is 1. The highest BCUT2D eigenvalue weighted by atomic mass is 16.5. The van der Waals surface area contributed by atoms with Gasteiger partial charge >= 0.3 is 5.97 Å². The summed E-state index contributed by atoms with van der Waals surface area (Å²) in [5.74, 6) is -1.92. The third-order valence-corrected chi connectivity index (χ3v) is 2.40. The highest BCUT2D eigenvalue weighted by Crippen LogP contribution is 2.14. The van der Waals surface area contributed by atoms with Crippen LogP contribution in [0.15, 0.2) is 10.6 Å². The molecule has 1 rings (SSSR count). The molecule has 0 aromatic carbocycles. The number of amides is 1. The van der Waals surface area contributed by atoms with Crippen molar-refractivity contribution in [2.45, 2.75) is 32.3 Å². The summed E-state index contributed by atoms with van der Waals surface area (Å²) in [6.07, 6.45) is 0. The molecule has 0 aliphatic heterocycles. The van der Waals surface area contributed by atoms with Crippen LogP contribution in [0.25, 0.3) is 0 Å². The summed E-state index contributed by atoms with van der Waals surface area (Å²) >= 11 is 0. The number of nitrogens with one attached hydrogen (secondary N) is 1. The van der Waals surface area contributed by atoms with Gasteiger partial charge in [0.15, 0.2) is 5.60 Å². The second-order valence-corrected chi connectivity index (χ2v) is 4.53. The highest BCUT2D eigenvalue weighted by molar-refractivity contribution is 5.92. The van der Waals surface area contributed by atoms with Crippen molar-refractivity contribution in [1.29, 1.82) is 0 Å². The topological polar surface area (TPSA) is 113 Å². The maximum atomic E-state index is 11.6. The summed E-state index contributed by atoms with van der Waals surface area (Å²) in [5.41, 5.74) is -1.39. The molecule has 1 atom stereocenters. The number of hydrogen-bond donors (Lipinski definition) is 3. The predicted molar refractivity (Wildman–Crippen MR) is 61.2 cm³/mol. The largest absolute Gasteiger partial charge is 0.479 e. The van der Waals surface area contributed by atoms with Crippen molar-refractivity contribution in [3.63, 3.8) is 0 Å². The monoisotopic (exact) mass is 256 g/mol. The van der Waals surface area contributed by atoms with E-state index in [1.807, 2.05) is 13.8 Å². The van der Waals surface area contributed by atoms with E-state index in [9.17, 15) is 14.7 Å².